The van der Waals surface area contributed by atoms with Gasteiger partial charge in [0, 0.05) is 35.4 Å². The largest absolute Gasteiger partial charge is 0.326 e. The first kappa shape index (κ1) is 26.3. The Labute approximate surface area is 219 Å². The summed E-state index contributed by atoms with van der Waals surface area (Å²) in [6.45, 7) is 0.537. The lowest BCUT2D eigenvalue weighted by molar-refractivity contribution is -0.120. The zero-order valence-corrected chi connectivity index (χ0v) is 22.4. The second-order valence-electron chi connectivity index (χ2n) is 8.39. The standard InChI is InChI=1S/C24H25BrN4O5S2/c25-20-5-3-4-18(16-20)17-35(31,32)29-14-11-19(12-15-29)24(30)27-21-7-9-22(10-8-21)36(33,34)28-23-6-1-2-13-26-23/h1-10,13,16,19H,11-12,14-15,17H2,(H,26,28)(H,27,30). The number of halogens is 1. The van der Waals surface area contributed by atoms with Crippen LogP contribution in [0.1, 0.15) is 18.4 Å². The van der Waals surface area contributed by atoms with E-state index in [9.17, 15) is 21.6 Å². The van der Waals surface area contributed by atoms with Gasteiger partial charge in [-0.2, -0.15) is 0 Å². The molecule has 0 unspecified atom stereocenters. The normalized spacial score (nSPS) is 15.4. The zero-order chi connectivity index (χ0) is 25.8. The van der Waals surface area contributed by atoms with Crippen molar-refractivity contribution in [1.29, 1.82) is 0 Å². The number of carbonyl (C=O) groups is 1. The van der Waals surface area contributed by atoms with Gasteiger partial charge in [-0.05, 0) is 66.9 Å². The Morgan fingerprint density at radius 3 is 2.33 bits per heavy atom. The molecular weight excluding hydrogens is 568 g/mol. The van der Waals surface area contributed by atoms with Gasteiger partial charge in [-0.1, -0.05) is 34.1 Å². The molecule has 1 saturated heterocycles. The van der Waals surface area contributed by atoms with E-state index in [4.69, 9.17) is 0 Å². The summed E-state index contributed by atoms with van der Waals surface area (Å²) in [6.07, 6.45) is 2.30. The molecule has 0 atom stereocenters. The predicted octanol–water partition coefficient (Wildman–Crippen LogP) is 3.83. The van der Waals surface area contributed by atoms with E-state index < -0.39 is 20.0 Å². The molecule has 4 rings (SSSR count). The highest BCUT2D eigenvalue weighted by Crippen LogP contribution is 2.24. The number of aromatic nitrogens is 1. The molecule has 0 radical (unpaired) electrons. The molecule has 1 aliphatic rings. The summed E-state index contributed by atoms with van der Waals surface area (Å²) in [7, 11) is -7.30. The molecule has 9 nitrogen and oxygen atoms in total. The van der Waals surface area contributed by atoms with Crippen molar-refractivity contribution in [2.24, 2.45) is 5.92 Å². The van der Waals surface area contributed by atoms with Crippen LogP contribution in [0.2, 0.25) is 0 Å². The summed E-state index contributed by atoms with van der Waals surface area (Å²) in [5, 5.41) is 2.80. The number of nitrogens with zero attached hydrogens (tertiary/aromatic N) is 2. The van der Waals surface area contributed by atoms with Crippen molar-refractivity contribution in [3.8, 4) is 0 Å². The number of pyridine rings is 1. The molecule has 2 N–H and O–H groups in total. The van der Waals surface area contributed by atoms with E-state index in [2.05, 4.69) is 31.0 Å². The minimum absolute atomic E-state index is 0.0371. The number of piperidine rings is 1. The summed E-state index contributed by atoms with van der Waals surface area (Å²) in [4.78, 5) is 16.7. The highest BCUT2D eigenvalue weighted by Gasteiger charge is 2.31. The van der Waals surface area contributed by atoms with Crippen LogP contribution in [0.15, 0.2) is 82.3 Å². The van der Waals surface area contributed by atoms with Gasteiger partial charge in [0.15, 0.2) is 0 Å². The van der Waals surface area contributed by atoms with Crippen LogP contribution in [-0.4, -0.2) is 45.1 Å². The number of anilines is 2. The van der Waals surface area contributed by atoms with Crippen molar-refractivity contribution in [2.75, 3.05) is 23.1 Å². The van der Waals surface area contributed by atoms with Crippen molar-refractivity contribution in [3.63, 3.8) is 0 Å². The topological polar surface area (TPSA) is 126 Å². The monoisotopic (exact) mass is 592 g/mol. The number of sulfonamides is 2. The molecule has 1 fully saturated rings. The van der Waals surface area contributed by atoms with Gasteiger partial charge in [0.2, 0.25) is 15.9 Å². The predicted molar refractivity (Wildman–Crippen MR) is 141 cm³/mol. The van der Waals surface area contributed by atoms with Crippen molar-refractivity contribution in [1.82, 2.24) is 9.29 Å². The number of amides is 1. The van der Waals surface area contributed by atoms with Crippen LogP contribution in [0.3, 0.4) is 0 Å². The highest BCUT2D eigenvalue weighted by atomic mass is 79.9. The van der Waals surface area contributed by atoms with Gasteiger partial charge in [-0.25, -0.2) is 26.1 Å². The molecule has 36 heavy (non-hydrogen) atoms. The average molecular weight is 594 g/mol. The smallest absolute Gasteiger partial charge is 0.263 e. The first-order valence-electron chi connectivity index (χ1n) is 11.2. The number of hydrogen-bond acceptors (Lipinski definition) is 6. The van der Waals surface area contributed by atoms with Crippen LogP contribution < -0.4 is 10.0 Å². The Bertz CT molecular complexity index is 1420. The van der Waals surface area contributed by atoms with Gasteiger partial charge < -0.3 is 5.32 Å². The Morgan fingerprint density at radius 2 is 1.69 bits per heavy atom. The molecule has 0 spiro atoms. The van der Waals surface area contributed by atoms with Gasteiger partial charge >= 0.3 is 0 Å². The van der Waals surface area contributed by atoms with Crippen LogP contribution in [0.25, 0.3) is 0 Å². The van der Waals surface area contributed by atoms with Crippen molar-refractivity contribution < 1.29 is 21.6 Å². The number of carbonyl (C=O) groups excluding carboxylic acids is 1. The number of rotatable bonds is 8. The third kappa shape index (κ3) is 6.69. The van der Waals surface area contributed by atoms with Gasteiger partial charge in [-0.3, -0.25) is 9.52 Å². The Morgan fingerprint density at radius 1 is 0.972 bits per heavy atom. The zero-order valence-electron chi connectivity index (χ0n) is 19.2. The SMILES string of the molecule is O=C(Nc1ccc(S(=O)(=O)Nc2ccccn2)cc1)C1CCN(S(=O)(=O)Cc2cccc(Br)c2)CC1. The molecule has 0 aliphatic carbocycles. The summed E-state index contributed by atoms with van der Waals surface area (Å²) >= 11 is 3.36. The molecule has 12 heteroatoms. The van der Waals surface area contributed by atoms with E-state index in [1.165, 1.54) is 34.8 Å². The van der Waals surface area contributed by atoms with Crippen LogP contribution in [0, 0.1) is 5.92 Å². The van der Waals surface area contributed by atoms with E-state index >= 15 is 0 Å². The maximum absolute atomic E-state index is 12.8. The molecule has 3 aromatic rings. The molecule has 2 heterocycles. The summed E-state index contributed by atoms with van der Waals surface area (Å²) in [6, 6.07) is 17.9. The molecule has 1 aliphatic heterocycles. The van der Waals surface area contributed by atoms with Crippen LogP contribution >= 0.6 is 15.9 Å². The molecule has 2 aromatic carbocycles. The summed E-state index contributed by atoms with van der Waals surface area (Å²) < 4.78 is 55.3. The maximum Gasteiger partial charge on any atom is 0.263 e. The van der Waals surface area contributed by atoms with Crippen LogP contribution in [0.5, 0.6) is 0 Å². The second-order valence-corrected chi connectivity index (χ2v) is 13.0. The van der Waals surface area contributed by atoms with Crippen molar-refractivity contribution in [3.05, 3.63) is 83.0 Å². The van der Waals surface area contributed by atoms with E-state index in [-0.39, 0.29) is 41.4 Å². The molecule has 1 amide bonds. The van der Waals surface area contributed by atoms with E-state index in [0.717, 1.165) is 4.47 Å². The lowest BCUT2D eigenvalue weighted by atomic mass is 9.97. The number of benzene rings is 2. The third-order valence-electron chi connectivity index (χ3n) is 5.79. The highest BCUT2D eigenvalue weighted by molar-refractivity contribution is 9.10. The first-order valence-corrected chi connectivity index (χ1v) is 15.1. The molecule has 0 saturated carbocycles. The van der Waals surface area contributed by atoms with Crippen LogP contribution in [0.4, 0.5) is 11.5 Å². The fraction of sp³-hybridized carbons (Fsp3) is 0.250. The lowest BCUT2D eigenvalue weighted by Gasteiger charge is -2.30. The molecular formula is C24H25BrN4O5S2. The summed E-state index contributed by atoms with van der Waals surface area (Å²) in [5.41, 5.74) is 1.16. The minimum atomic E-state index is -3.81. The Hall–Kier alpha value is -2.80. The van der Waals surface area contributed by atoms with Gasteiger partial charge in [0.25, 0.3) is 10.0 Å². The maximum atomic E-state index is 12.8. The molecule has 1 aromatic heterocycles. The number of nitrogens with one attached hydrogen (secondary N) is 2. The molecule has 0 bridgehead atoms. The Kier molecular flexibility index (Phi) is 8.08. The van der Waals surface area contributed by atoms with E-state index in [0.29, 0.717) is 24.1 Å². The van der Waals surface area contributed by atoms with Gasteiger partial charge in [-0.15, -0.1) is 0 Å². The Balaban J connectivity index is 1.31. The van der Waals surface area contributed by atoms with Gasteiger partial charge in [0.1, 0.15) is 5.82 Å². The van der Waals surface area contributed by atoms with Gasteiger partial charge in [0.05, 0.1) is 10.6 Å². The third-order valence-corrected chi connectivity index (χ3v) is 9.51. The fourth-order valence-electron chi connectivity index (χ4n) is 3.91. The minimum Gasteiger partial charge on any atom is -0.326 e. The lowest BCUT2D eigenvalue weighted by Crippen LogP contribution is -2.41. The summed E-state index contributed by atoms with van der Waals surface area (Å²) in [5.74, 6) is -0.439. The second kappa shape index (κ2) is 11.1. The van der Waals surface area contributed by atoms with Crippen molar-refractivity contribution >= 4 is 53.4 Å². The van der Waals surface area contributed by atoms with E-state index in [1.807, 2.05) is 6.07 Å². The first-order chi connectivity index (χ1) is 17.1. The quantitative estimate of drug-likeness (QED) is 0.409. The molecule has 190 valence electrons. The van der Waals surface area contributed by atoms with E-state index in [1.54, 1.807) is 36.4 Å². The average Bonchev–Trinajstić information content (AvgIpc) is 2.84. The van der Waals surface area contributed by atoms with Crippen molar-refractivity contribution in [2.45, 2.75) is 23.5 Å². The fourth-order valence-corrected chi connectivity index (χ4v) is 6.91. The number of hydrogen-bond donors (Lipinski definition) is 2. The van der Waals surface area contributed by atoms with Crippen LogP contribution in [-0.2, 0) is 30.6 Å².